The summed E-state index contributed by atoms with van der Waals surface area (Å²) in [7, 11) is 0. The first-order valence-corrected chi connectivity index (χ1v) is 22.6. The first-order chi connectivity index (χ1) is 32.3. The summed E-state index contributed by atoms with van der Waals surface area (Å²) in [4.78, 5) is 129. The average Bonchev–Trinajstić information content (AvgIpc) is 3.29. The smallest absolute Gasteiger partial charge is 0.407 e. The molecule has 0 spiro atoms. The van der Waals surface area contributed by atoms with Crippen molar-refractivity contribution < 1.29 is 73.1 Å². The monoisotopic (exact) mass is 981 g/mol. The van der Waals surface area contributed by atoms with Gasteiger partial charge < -0.3 is 79.2 Å². The van der Waals surface area contributed by atoms with Crippen molar-refractivity contribution in [2.45, 2.75) is 142 Å². The van der Waals surface area contributed by atoms with Gasteiger partial charge in [0.15, 0.2) is 0 Å². The second-order valence-electron chi connectivity index (χ2n) is 17.3. The molecule has 69 heavy (non-hydrogen) atoms. The van der Waals surface area contributed by atoms with Crippen molar-refractivity contribution in [1.82, 2.24) is 42.5 Å². The van der Waals surface area contributed by atoms with Gasteiger partial charge >= 0.3 is 12.1 Å². The Morgan fingerprint density at radius 3 is 1.78 bits per heavy atom. The van der Waals surface area contributed by atoms with Crippen molar-refractivity contribution in [3.8, 4) is 0 Å². The van der Waals surface area contributed by atoms with Gasteiger partial charge in [-0.1, -0.05) is 78.3 Å². The number of primary amides is 1. The molecular weight excluding hydrogens is 909 g/mol. The van der Waals surface area contributed by atoms with E-state index in [1.54, 1.807) is 71.9 Å². The molecule has 0 aliphatic heterocycles. The molecule has 16 N–H and O–H groups in total. The Morgan fingerprint density at radius 1 is 0.681 bits per heavy atom. The molecule has 1 aromatic carbocycles. The molecule has 0 radical (unpaired) electrons. The van der Waals surface area contributed by atoms with Crippen LogP contribution in [0, 0.1) is 17.8 Å². The largest absolute Gasteiger partial charge is 0.480 e. The van der Waals surface area contributed by atoms with E-state index < -0.39 is 139 Å². The molecule has 0 aromatic heterocycles. The fourth-order valence-electron chi connectivity index (χ4n) is 6.35. The fourth-order valence-corrected chi connectivity index (χ4v) is 6.35. The summed E-state index contributed by atoms with van der Waals surface area (Å²) >= 11 is 0. The fraction of sp³-hybridized carbons (Fsp3) is 0.636. The summed E-state index contributed by atoms with van der Waals surface area (Å²) in [6, 6.07) is -1.77. The van der Waals surface area contributed by atoms with Crippen molar-refractivity contribution in [3.63, 3.8) is 0 Å². The van der Waals surface area contributed by atoms with Crippen LogP contribution in [0.1, 0.15) is 86.1 Å². The molecule has 9 amide bonds. The van der Waals surface area contributed by atoms with Gasteiger partial charge in [0.1, 0.15) is 48.9 Å². The van der Waals surface area contributed by atoms with Crippen molar-refractivity contribution >= 4 is 59.3 Å². The molecule has 0 aliphatic rings. The number of amides is 9. The molecule has 0 saturated carbocycles. The highest BCUT2D eigenvalue weighted by molar-refractivity contribution is 5.98. The predicted molar refractivity (Wildman–Crippen MR) is 246 cm³/mol. The maximum absolute atomic E-state index is 14.2. The Morgan fingerprint density at radius 2 is 1.25 bits per heavy atom. The number of carbonyl (C=O) groups excluding carboxylic acids is 9. The predicted octanol–water partition coefficient (Wildman–Crippen LogP) is -3.51. The number of alkyl carbamates (subject to hydrolysis) is 1. The van der Waals surface area contributed by atoms with Crippen molar-refractivity contribution in [2.75, 3.05) is 19.7 Å². The van der Waals surface area contributed by atoms with Crippen LogP contribution in [-0.4, -0.2) is 154 Å². The minimum Gasteiger partial charge on any atom is -0.480 e. The Kier molecular flexibility index (Phi) is 27.1. The van der Waals surface area contributed by atoms with Crippen LogP contribution in [0.5, 0.6) is 0 Å². The van der Waals surface area contributed by atoms with Gasteiger partial charge in [0.25, 0.3) is 0 Å². The highest BCUT2D eigenvalue weighted by Gasteiger charge is 2.36. The Bertz CT molecular complexity index is 1890. The van der Waals surface area contributed by atoms with Crippen molar-refractivity contribution in [2.24, 2.45) is 29.2 Å². The molecule has 25 nitrogen and oxygen atoms in total. The van der Waals surface area contributed by atoms with Gasteiger partial charge in [0.2, 0.25) is 47.3 Å². The zero-order chi connectivity index (χ0) is 52.5. The topological polar surface area (TPSA) is 409 Å². The quantitative estimate of drug-likeness (QED) is 0.0321. The summed E-state index contributed by atoms with van der Waals surface area (Å²) in [6.45, 7) is 9.41. The van der Waals surface area contributed by atoms with E-state index in [2.05, 4.69) is 37.2 Å². The molecule has 0 aliphatic carbocycles. The van der Waals surface area contributed by atoms with Crippen LogP contribution >= 0.6 is 0 Å². The normalized spacial score (nSPS) is 15.5. The summed E-state index contributed by atoms with van der Waals surface area (Å²) in [5.41, 5.74) is 11.9. The second kappa shape index (κ2) is 30.8. The number of nitrogens with one attached hydrogen (secondary N) is 8. The Balaban J connectivity index is 3.31. The molecule has 10 atom stereocenters. The summed E-state index contributed by atoms with van der Waals surface area (Å²) < 4.78 is 5.24. The SMILES string of the molecule is CC[C@H](C)C(NC(=O)[C@@H](CCCNC(=O)OCc1ccccc1)NC(=O)[C@H](CC(C)C)NC(=O)[C@@H](N)[C@H](O)C(C)C)C(=O)N[C@H](C(=O)NCC(=O)N[C@@H](CC(N)=O)C(=O)N[C@@H](CO)C(=O)O)[C@H](C)O. The molecule has 25 heteroatoms. The zero-order valence-electron chi connectivity index (χ0n) is 40.1. The van der Waals surface area contributed by atoms with Crippen LogP contribution in [0.25, 0.3) is 0 Å². The highest BCUT2D eigenvalue weighted by Crippen LogP contribution is 2.13. The Hall–Kier alpha value is -6.44. The first kappa shape index (κ1) is 60.6. The number of hydrogen-bond acceptors (Lipinski definition) is 15. The number of ether oxygens (including phenoxy) is 1. The number of aliphatic hydroxyl groups is 3. The van der Waals surface area contributed by atoms with Crippen LogP contribution in [0.4, 0.5) is 4.79 Å². The molecule has 0 saturated heterocycles. The zero-order valence-corrected chi connectivity index (χ0v) is 40.1. The maximum atomic E-state index is 14.2. The standard InChI is InChI=1S/C44H72N10O15/c1-8-24(6)34(42(65)54-35(25(7)56)41(64)48-19-32(58)49-29(18-31(45)57)39(62)52-30(20-55)43(66)67)53-37(60)27(15-12-16-47-44(68)69-21-26-13-10-9-11-14-26)50-38(61)28(17-22(2)3)51-40(63)33(46)36(59)23(4)5/h9-11,13-14,22-25,27-30,33-36,55-56,59H,8,12,15-21,46H2,1-7H3,(H2,45,57)(H,47,68)(H,48,64)(H,49,58)(H,50,61)(H,51,63)(H,52,62)(H,53,60)(H,54,65)(H,66,67)/t24-,25-,27+,28-,29-,30-,33-,34?,35-,36+/m0/s1. The van der Waals surface area contributed by atoms with Crippen LogP contribution in [0.15, 0.2) is 30.3 Å². The third kappa shape index (κ3) is 22.5. The number of aliphatic carboxylic acids is 1. The molecule has 0 fully saturated rings. The van der Waals surface area contributed by atoms with Gasteiger partial charge in [-0.25, -0.2) is 9.59 Å². The first-order valence-electron chi connectivity index (χ1n) is 22.6. The van der Waals surface area contributed by atoms with Crippen LogP contribution in [0.2, 0.25) is 0 Å². The molecule has 1 rings (SSSR count). The second-order valence-corrected chi connectivity index (χ2v) is 17.3. The number of hydrogen-bond donors (Lipinski definition) is 14. The van der Waals surface area contributed by atoms with E-state index in [0.717, 1.165) is 12.5 Å². The van der Waals surface area contributed by atoms with E-state index in [9.17, 15) is 63.3 Å². The van der Waals surface area contributed by atoms with Crippen LogP contribution < -0.4 is 54.0 Å². The average molecular weight is 981 g/mol. The minimum absolute atomic E-state index is 0.00982. The lowest BCUT2D eigenvalue weighted by atomic mass is 9.96. The summed E-state index contributed by atoms with van der Waals surface area (Å²) in [5, 5.41) is 58.3. The number of nitrogens with two attached hydrogens (primary N) is 2. The van der Waals surface area contributed by atoms with E-state index in [1.807, 2.05) is 5.32 Å². The number of rotatable bonds is 31. The van der Waals surface area contributed by atoms with E-state index >= 15 is 0 Å². The number of benzene rings is 1. The van der Waals surface area contributed by atoms with Gasteiger partial charge in [0.05, 0.1) is 31.8 Å². The van der Waals surface area contributed by atoms with E-state index in [4.69, 9.17) is 21.3 Å². The van der Waals surface area contributed by atoms with Gasteiger partial charge in [-0.15, -0.1) is 0 Å². The number of carboxylic acids is 1. The molecule has 0 heterocycles. The molecular formula is C44H72N10O15. The lowest BCUT2D eigenvalue weighted by molar-refractivity contribution is -0.143. The van der Waals surface area contributed by atoms with Crippen LogP contribution in [-0.2, 0) is 54.5 Å². The van der Waals surface area contributed by atoms with Crippen molar-refractivity contribution in [1.29, 1.82) is 0 Å². The highest BCUT2D eigenvalue weighted by atomic mass is 16.5. The van der Waals surface area contributed by atoms with E-state index in [-0.39, 0.29) is 50.7 Å². The molecule has 1 unspecified atom stereocenters. The van der Waals surface area contributed by atoms with Gasteiger partial charge in [-0.2, -0.15) is 0 Å². The van der Waals surface area contributed by atoms with Gasteiger partial charge in [-0.05, 0) is 49.5 Å². The number of carboxylic acid groups (broad SMARTS) is 1. The van der Waals surface area contributed by atoms with Crippen LogP contribution in [0.3, 0.4) is 0 Å². The van der Waals surface area contributed by atoms with E-state index in [1.165, 1.54) is 0 Å². The summed E-state index contributed by atoms with van der Waals surface area (Å²) in [5.74, 6) is -10.7. The molecule has 1 aromatic rings. The van der Waals surface area contributed by atoms with E-state index in [0.29, 0.717) is 0 Å². The van der Waals surface area contributed by atoms with Crippen molar-refractivity contribution in [3.05, 3.63) is 35.9 Å². The number of carbonyl (C=O) groups is 10. The number of aliphatic hydroxyl groups excluding tert-OH is 3. The Labute approximate surface area is 400 Å². The third-order valence-corrected chi connectivity index (χ3v) is 10.6. The minimum atomic E-state index is -1.78. The van der Waals surface area contributed by atoms with Gasteiger partial charge in [0, 0.05) is 6.54 Å². The third-order valence-electron chi connectivity index (χ3n) is 10.6. The maximum Gasteiger partial charge on any atom is 0.407 e. The lowest BCUT2D eigenvalue weighted by Gasteiger charge is -2.30. The molecule has 388 valence electrons. The molecule has 0 bridgehead atoms. The summed E-state index contributed by atoms with van der Waals surface area (Å²) in [6.07, 6.45) is -4.04. The lowest BCUT2D eigenvalue weighted by Crippen LogP contribution is -2.62. The van der Waals surface area contributed by atoms with Gasteiger partial charge in [-0.3, -0.25) is 38.4 Å².